The van der Waals surface area contributed by atoms with Crippen molar-refractivity contribution < 1.29 is 96.0 Å². The van der Waals surface area contributed by atoms with Gasteiger partial charge in [-0.15, -0.1) is 0 Å². The van der Waals surface area contributed by atoms with Gasteiger partial charge in [0.15, 0.2) is 0 Å². The first-order valence-electron chi connectivity index (χ1n) is 9.30. The van der Waals surface area contributed by atoms with Gasteiger partial charge in [0.05, 0.1) is 11.5 Å². The molecule has 0 aromatic rings. The van der Waals surface area contributed by atoms with Gasteiger partial charge in [-0.2, -0.15) is 83.1 Å². The Labute approximate surface area is 206 Å². The first-order valence-corrected chi connectivity index (χ1v) is 12.6. The van der Waals surface area contributed by atoms with Crippen molar-refractivity contribution in [3.8, 4) is 0 Å². The van der Waals surface area contributed by atoms with Crippen LogP contribution in [-0.2, 0) is 20.0 Å². The lowest BCUT2D eigenvalue weighted by Gasteiger charge is -2.42. The van der Waals surface area contributed by atoms with Crippen LogP contribution in [0.15, 0.2) is 0 Å². The Hall–Kier alpha value is -1.37. The van der Waals surface area contributed by atoms with E-state index in [2.05, 4.69) is 5.32 Å². The minimum Gasteiger partial charge on any atom is -0.317 e. The molecule has 0 fully saturated rings. The number of hydrogen-bond acceptors (Lipinski definition) is 5. The maximum atomic E-state index is 13.8. The van der Waals surface area contributed by atoms with Crippen LogP contribution in [0.25, 0.3) is 0 Å². The molecule has 236 valence electrons. The van der Waals surface area contributed by atoms with Gasteiger partial charge in [-0.3, -0.25) is 4.55 Å². The lowest BCUT2D eigenvalue weighted by atomic mass is 9.91. The highest BCUT2D eigenvalue weighted by atomic mass is 32.2. The minimum atomic E-state index is -8.88. The number of alkyl halides is 17. The van der Waals surface area contributed by atoms with Gasteiger partial charge in [-0.05, 0) is 25.9 Å². The third-order valence-corrected chi connectivity index (χ3v) is 7.27. The molecule has 0 unspecified atom stereocenters. The summed E-state index contributed by atoms with van der Waals surface area (Å²) in [6, 6.07) is 0. The predicted molar refractivity (Wildman–Crippen MR) is 93.0 cm³/mol. The molecular weight excluding hydrogens is 649 g/mol. The first kappa shape index (κ1) is 37.6. The summed E-state index contributed by atoms with van der Waals surface area (Å²) in [6.45, 7) is -1.29. The first-order chi connectivity index (χ1) is 16.7. The molecule has 0 aromatic carbocycles. The van der Waals surface area contributed by atoms with Crippen LogP contribution in [0.1, 0.15) is 12.8 Å². The molecule has 0 saturated carbocycles. The summed E-state index contributed by atoms with van der Waals surface area (Å²) in [6.07, 6.45) is -9.62. The van der Waals surface area contributed by atoms with E-state index in [1.54, 1.807) is 0 Å². The molecule has 0 heterocycles. The van der Waals surface area contributed by atoms with Gasteiger partial charge in [0.25, 0.3) is 10.1 Å². The van der Waals surface area contributed by atoms with E-state index in [4.69, 9.17) is 4.55 Å². The summed E-state index contributed by atoms with van der Waals surface area (Å²) in [5, 5.41) is -5.49. The SMILES string of the molecule is O=S(=O)(O)CCCNCCCS(=O)(=O)C(F)(F)C(F)(F)C(F)(F)C(F)(F)C(F)(F)C(F)(F)C(F)(F)C(F)(F)F. The van der Waals surface area contributed by atoms with Crippen LogP contribution >= 0.6 is 0 Å². The monoisotopic (exact) mass is 663 g/mol. The van der Waals surface area contributed by atoms with Crippen LogP contribution in [0.4, 0.5) is 74.6 Å². The Balaban J connectivity index is 6.15. The molecule has 39 heavy (non-hydrogen) atoms. The molecule has 0 aliphatic heterocycles. The molecule has 2 N–H and O–H groups in total. The molecule has 0 bridgehead atoms. The molecule has 0 aromatic heterocycles. The molecule has 0 radical (unpaired) electrons. The Bertz CT molecular complexity index is 1070. The van der Waals surface area contributed by atoms with Gasteiger partial charge in [0.2, 0.25) is 9.84 Å². The maximum absolute atomic E-state index is 13.8. The van der Waals surface area contributed by atoms with Gasteiger partial charge in [-0.25, -0.2) is 8.42 Å². The minimum absolute atomic E-state index is 0.423. The third-order valence-electron chi connectivity index (χ3n) is 4.61. The van der Waals surface area contributed by atoms with Crippen molar-refractivity contribution in [2.75, 3.05) is 24.6 Å². The van der Waals surface area contributed by atoms with E-state index in [-0.39, 0.29) is 0 Å². The molecule has 25 heteroatoms. The topological polar surface area (TPSA) is 101 Å². The molecule has 0 aliphatic carbocycles. The molecule has 0 atom stereocenters. The van der Waals surface area contributed by atoms with Crippen molar-refractivity contribution in [1.29, 1.82) is 0 Å². The van der Waals surface area contributed by atoms with Crippen molar-refractivity contribution in [3.63, 3.8) is 0 Å². The average molecular weight is 663 g/mol. The second kappa shape index (κ2) is 10.8. The summed E-state index contributed by atoms with van der Waals surface area (Å²) in [5.74, 6) is -55.1. The smallest absolute Gasteiger partial charge is 0.317 e. The average Bonchev–Trinajstić information content (AvgIpc) is 2.70. The fourth-order valence-corrected chi connectivity index (χ4v) is 4.17. The fraction of sp³-hybridized carbons (Fsp3) is 1.00. The number of hydrogen-bond donors (Lipinski definition) is 2. The summed E-state index contributed by atoms with van der Waals surface area (Å²) in [4.78, 5) is 0. The van der Waals surface area contributed by atoms with Crippen LogP contribution < -0.4 is 5.32 Å². The molecular formula is C14H14F17NO5S2. The Morgan fingerprint density at radius 1 is 0.487 bits per heavy atom. The summed E-state index contributed by atoms with van der Waals surface area (Å²) in [7, 11) is -11.6. The number of nitrogens with one attached hydrogen (secondary N) is 1. The number of rotatable bonds is 15. The van der Waals surface area contributed by atoms with E-state index in [0.717, 1.165) is 0 Å². The van der Waals surface area contributed by atoms with E-state index in [0.29, 0.717) is 0 Å². The third kappa shape index (κ3) is 6.43. The maximum Gasteiger partial charge on any atom is 0.460 e. The van der Waals surface area contributed by atoms with Gasteiger partial charge in [-0.1, -0.05) is 0 Å². The highest BCUT2D eigenvalue weighted by molar-refractivity contribution is 7.92. The van der Waals surface area contributed by atoms with Crippen LogP contribution in [0, 0.1) is 0 Å². The van der Waals surface area contributed by atoms with Crippen molar-refractivity contribution >= 4 is 20.0 Å². The molecule has 0 amide bonds. The molecule has 0 rings (SSSR count). The second-order valence-corrected chi connectivity index (χ2v) is 11.2. The number of sulfone groups is 1. The largest absolute Gasteiger partial charge is 0.460 e. The highest BCUT2D eigenvalue weighted by Crippen LogP contribution is 2.64. The van der Waals surface area contributed by atoms with Crippen LogP contribution in [0.3, 0.4) is 0 Å². The lowest BCUT2D eigenvalue weighted by Crippen LogP contribution is -2.75. The highest BCUT2D eigenvalue weighted by Gasteiger charge is 2.96. The van der Waals surface area contributed by atoms with Gasteiger partial charge in [0, 0.05) is 0 Å². The van der Waals surface area contributed by atoms with Gasteiger partial charge >= 0.3 is 47.0 Å². The van der Waals surface area contributed by atoms with Crippen molar-refractivity contribution in [1.82, 2.24) is 5.32 Å². The zero-order valence-electron chi connectivity index (χ0n) is 18.1. The van der Waals surface area contributed by atoms with E-state index in [1.165, 1.54) is 0 Å². The van der Waals surface area contributed by atoms with Crippen molar-refractivity contribution in [3.05, 3.63) is 0 Å². The zero-order chi connectivity index (χ0) is 31.9. The lowest BCUT2D eigenvalue weighted by molar-refractivity contribution is -0.458. The van der Waals surface area contributed by atoms with E-state index < -0.39 is 104 Å². The Kier molecular flexibility index (Phi) is 10.4. The Morgan fingerprint density at radius 2 is 0.795 bits per heavy atom. The summed E-state index contributed by atoms with van der Waals surface area (Å²) < 4.78 is 276. The quantitative estimate of drug-likeness (QED) is 0.151. The van der Waals surface area contributed by atoms with Crippen LogP contribution in [0.2, 0.25) is 0 Å². The van der Waals surface area contributed by atoms with Crippen LogP contribution in [0.5, 0.6) is 0 Å². The fourth-order valence-electron chi connectivity index (χ4n) is 2.36. The number of halogens is 17. The molecule has 0 aliphatic rings. The second-order valence-electron chi connectivity index (χ2n) is 7.52. The normalized spacial score (nSPS) is 16.1. The van der Waals surface area contributed by atoms with Crippen molar-refractivity contribution in [2.45, 2.75) is 59.8 Å². The zero-order valence-corrected chi connectivity index (χ0v) is 19.7. The molecule has 0 spiro atoms. The summed E-state index contributed by atoms with van der Waals surface area (Å²) in [5.41, 5.74) is 0. The van der Waals surface area contributed by atoms with Crippen molar-refractivity contribution in [2.24, 2.45) is 0 Å². The Morgan fingerprint density at radius 3 is 1.13 bits per heavy atom. The van der Waals surface area contributed by atoms with Crippen LogP contribution in [-0.4, -0.2) is 92.9 Å². The standard InChI is InChI=1S/C14H14F17NO5S2/c15-7(16,9(19,20)11(23,24)13(27,28)29)8(17,18)10(21,22)12(25,26)14(30,31)38(33,34)5-1-3-32-4-2-6-39(35,36)37/h32H,1-6H2,(H,35,36,37). The predicted octanol–water partition coefficient (Wildman–Crippen LogP) is 4.63. The molecule has 0 saturated heterocycles. The van der Waals surface area contributed by atoms with E-state index in [9.17, 15) is 91.5 Å². The molecule has 6 nitrogen and oxygen atoms in total. The summed E-state index contributed by atoms with van der Waals surface area (Å²) >= 11 is 0. The van der Waals surface area contributed by atoms with E-state index in [1.807, 2.05) is 0 Å². The van der Waals surface area contributed by atoms with Gasteiger partial charge in [0.1, 0.15) is 0 Å². The van der Waals surface area contributed by atoms with Gasteiger partial charge < -0.3 is 5.32 Å². The van der Waals surface area contributed by atoms with E-state index >= 15 is 0 Å².